The van der Waals surface area contributed by atoms with Crippen LogP contribution < -0.4 is 14.2 Å². The van der Waals surface area contributed by atoms with Crippen LogP contribution >= 0.6 is 0 Å². The summed E-state index contributed by atoms with van der Waals surface area (Å²) in [5.74, 6) is 3.28. The first kappa shape index (κ1) is 18.2. The number of furan rings is 1. The number of fused-ring (bicyclic) bond motifs is 1. The molecule has 0 atom stereocenters. The van der Waals surface area contributed by atoms with E-state index in [2.05, 4.69) is 13.0 Å². The number of ether oxygens (including phenoxy) is 3. The van der Waals surface area contributed by atoms with Crippen LogP contribution in [-0.2, 0) is 12.8 Å². The average Bonchev–Trinajstić information content (AvgIpc) is 3.03. The summed E-state index contributed by atoms with van der Waals surface area (Å²) >= 11 is 0. The summed E-state index contributed by atoms with van der Waals surface area (Å²) in [6, 6.07) is 12.0. The number of unbranched alkanes of at least 4 members (excludes halogenated alkanes) is 1. The smallest absolute Gasteiger partial charge is 0.134 e. The van der Waals surface area contributed by atoms with Gasteiger partial charge in [0.1, 0.15) is 28.6 Å². The highest BCUT2D eigenvalue weighted by Crippen LogP contribution is 2.38. The van der Waals surface area contributed by atoms with Crippen LogP contribution in [0.1, 0.15) is 36.7 Å². The molecule has 0 saturated carbocycles. The summed E-state index contributed by atoms with van der Waals surface area (Å²) in [6.45, 7) is 2.19. The molecular formula is C22H26O4. The third kappa shape index (κ3) is 3.50. The third-order valence-electron chi connectivity index (χ3n) is 4.71. The summed E-state index contributed by atoms with van der Waals surface area (Å²) < 4.78 is 22.8. The molecule has 4 heteroatoms. The Labute approximate surface area is 154 Å². The van der Waals surface area contributed by atoms with E-state index in [4.69, 9.17) is 18.6 Å². The van der Waals surface area contributed by atoms with Crippen molar-refractivity contribution in [1.82, 2.24) is 0 Å². The highest BCUT2D eigenvalue weighted by molar-refractivity contribution is 5.83. The maximum absolute atomic E-state index is 6.16. The number of hydrogen-bond donors (Lipinski definition) is 0. The lowest BCUT2D eigenvalue weighted by molar-refractivity contribution is 0.369. The zero-order valence-corrected chi connectivity index (χ0v) is 15.9. The van der Waals surface area contributed by atoms with E-state index in [1.165, 1.54) is 5.56 Å². The number of para-hydroxylation sites is 1. The molecule has 0 aliphatic carbocycles. The molecule has 3 rings (SSSR count). The summed E-state index contributed by atoms with van der Waals surface area (Å²) in [7, 11) is 4.98. The van der Waals surface area contributed by atoms with E-state index in [9.17, 15) is 0 Å². The van der Waals surface area contributed by atoms with E-state index in [0.29, 0.717) is 12.2 Å². The number of hydrogen-bond acceptors (Lipinski definition) is 4. The third-order valence-corrected chi connectivity index (χ3v) is 4.71. The van der Waals surface area contributed by atoms with E-state index in [-0.39, 0.29) is 0 Å². The van der Waals surface area contributed by atoms with E-state index >= 15 is 0 Å². The topological polar surface area (TPSA) is 40.8 Å². The minimum absolute atomic E-state index is 0.687. The van der Waals surface area contributed by atoms with Gasteiger partial charge in [-0.2, -0.15) is 0 Å². The predicted molar refractivity (Wildman–Crippen MR) is 104 cm³/mol. The first-order chi connectivity index (χ1) is 12.7. The first-order valence-corrected chi connectivity index (χ1v) is 9.00. The molecule has 0 fully saturated rings. The van der Waals surface area contributed by atoms with Gasteiger partial charge in [0.05, 0.1) is 21.3 Å². The van der Waals surface area contributed by atoms with Gasteiger partial charge >= 0.3 is 0 Å². The fourth-order valence-corrected chi connectivity index (χ4v) is 3.31. The largest absolute Gasteiger partial charge is 0.496 e. The molecule has 3 aromatic rings. The fraction of sp³-hybridized carbons (Fsp3) is 0.364. The van der Waals surface area contributed by atoms with Crippen LogP contribution in [0.15, 0.2) is 40.8 Å². The van der Waals surface area contributed by atoms with E-state index in [0.717, 1.165) is 53.1 Å². The Balaban J connectivity index is 2.11. The van der Waals surface area contributed by atoms with Crippen molar-refractivity contribution >= 4 is 11.0 Å². The Kier molecular flexibility index (Phi) is 5.71. The van der Waals surface area contributed by atoms with Gasteiger partial charge in [-0.15, -0.1) is 0 Å². The summed E-state index contributed by atoms with van der Waals surface area (Å²) in [6.07, 6.45) is 3.85. The van der Waals surface area contributed by atoms with Crippen LogP contribution in [0.25, 0.3) is 11.0 Å². The van der Waals surface area contributed by atoms with Crippen molar-refractivity contribution in [3.63, 3.8) is 0 Å². The second kappa shape index (κ2) is 8.17. The fourth-order valence-electron chi connectivity index (χ4n) is 3.31. The molecule has 0 aliphatic heterocycles. The van der Waals surface area contributed by atoms with Crippen LogP contribution in [0.4, 0.5) is 0 Å². The Hall–Kier alpha value is -2.62. The van der Waals surface area contributed by atoms with Crippen molar-refractivity contribution in [2.45, 2.75) is 32.6 Å². The molecule has 0 aliphatic rings. The van der Waals surface area contributed by atoms with Gasteiger partial charge in [0.25, 0.3) is 0 Å². The van der Waals surface area contributed by atoms with Crippen LogP contribution in [0, 0.1) is 0 Å². The predicted octanol–water partition coefficient (Wildman–Crippen LogP) is 5.39. The molecule has 26 heavy (non-hydrogen) atoms. The van der Waals surface area contributed by atoms with Gasteiger partial charge in [-0.1, -0.05) is 31.5 Å². The standard InChI is InChI=1S/C22H26O4/c1-5-6-10-20-17(16-9-7-8-11-19(16)26-20)14-18-21(24-3)12-15(23-2)13-22(18)25-4/h7-9,11-13H,5-6,10,14H2,1-4H3. The van der Waals surface area contributed by atoms with Crippen LogP contribution in [0.2, 0.25) is 0 Å². The zero-order valence-electron chi connectivity index (χ0n) is 15.9. The van der Waals surface area contributed by atoms with Crippen molar-refractivity contribution in [3.8, 4) is 17.2 Å². The molecule has 0 saturated heterocycles. The Morgan fingerprint density at radius 2 is 1.58 bits per heavy atom. The van der Waals surface area contributed by atoms with Crippen molar-refractivity contribution in [1.29, 1.82) is 0 Å². The molecule has 0 amide bonds. The number of benzene rings is 2. The minimum atomic E-state index is 0.687. The van der Waals surface area contributed by atoms with E-state index in [1.54, 1.807) is 21.3 Å². The molecule has 1 heterocycles. The highest BCUT2D eigenvalue weighted by atomic mass is 16.5. The highest BCUT2D eigenvalue weighted by Gasteiger charge is 2.19. The minimum Gasteiger partial charge on any atom is -0.496 e. The molecular weight excluding hydrogens is 328 g/mol. The maximum Gasteiger partial charge on any atom is 0.134 e. The second-order valence-electron chi connectivity index (χ2n) is 6.29. The van der Waals surface area contributed by atoms with Gasteiger partial charge in [0, 0.05) is 41.5 Å². The van der Waals surface area contributed by atoms with Gasteiger partial charge in [-0.05, 0) is 12.5 Å². The van der Waals surface area contributed by atoms with Crippen molar-refractivity contribution in [2.24, 2.45) is 0 Å². The van der Waals surface area contributed by atoms with Crippen molar-refractivity contribution in [2.75, 3.05) is 21.3 Å². The lowest BCUT2D eigenvalue weighted by atomic mass is 9.98. The molecule has 0 spiro atoms. The van der Waals surface area contributed by atoms with E-state index < -0.39 is 0 Å². The number of aryl methyl sites for hydroxylation is 1. The van der Waals surface area contributed by atoms with Crippen molar-refractivity contribution < 1.29 is 18.6 Å². The van der Waals surface area contributed by atoms with Crippen molar-refractivity contribution in [3.05, 3.63) is 53.3 Å². The summed E-state index contributed by atoms with van der Waals surface area (Å²) in [5, 5.41) is 1.15. The SMILES string of the molecule is CCCCc1oc2ccccc2c1Cc1c(OC)cc(OC)cc1OC. The van der Waals surface area contributed by atoms with Crippen LogP contribution in [-0.4, -0.2) is 21.3 Å². The second-order valence-corrected chi connectivity index (χ2v) is 6.29. The normalized spacial score (nSPS) is 10.9. The lowest BCUT2D eigenvalue weighted by Gasteiger charge is -2.15. The first-order valence-electron chi connectivity index (χ1n) is 9.00. The molecule has 138 valence electrons. The summed E-state index contributed by atoms with van der Waals surface area (Å²) in [4.78, 5) is 0. The van der Waals surface area contributed by atoms with Gasteiger partial charge in [-0.25, -0.2) is 0 Å². The van der Waals surface area contributed by atoms with Gasteiger partial charge in [0.2, 0.25) is 0 Å². The zero-order chi connectivity index (χ0) is 18.5. The molecule has 4 nitrogen and oxygen atoms in total. The molecule has 1 aromatic heterocycles. The van der Waals surface area contributed by atoms with Crippen LogP contribution in [0.3, 0.4) is 0 Å². The quantitative estimate of drug-likeness (QED) is 0.544. The molecule has 0 unspecified atom stereocenters. The maximum atomic E-state index is 6.16. The molecule has 0 radical (unpaired) electrons. The van der Waals surface area contributed by atoms with E-state index in [1.807, 2.05) is 30.3 Å². The van der Waals surface area contributed by atoms with Gasteiger partial charge in [-0.3, -0.25) is 0 Å². The van der Waals surface area contributed by atoms with Crippen LogP contribution in [0.5, 0.6) is 17.2 Å². The Bertz CT molecular complexity index is 854. The van der Waals surface area contributed by atoms with Gasteiger partial charge in [0.15, 0.2) is 0 Å². The van der Waals surface area contributed by atoms with Gasteiger partial charge < -0.3 is 18.6 Å². The monoisotopic (exact) mass is 354 g/mol. The average molecular weight is 354 g/mol. The molecule has 0 N–H and O–H groups in total. The lowest BCUT2D eigenvalue weighted by Crippen LogP contribution is -2.01. The Morgan fingerprint density at radius 3 is 2.19 bits per heavy atom. The Morgan fingerprint density at radius 1 is 0.885 bits per heavy atom. The molecule has 2 aromatic carbocycles. The summed E-state index contributed by atoms with van der Waals surface area (Å²) in [5.41, 5.74) is 3.14. The number of methoxy groups -OCH3 is 3. The molecule has 0 bridgehead atoms. The number of rotatable bonds is 8.